The van der Waals surface area contributed by atoms with Crippen LogP contribution in [-0.2, 0) is 6.54 Å². The smallest absolute Gasteiger partial charge is 0.258 e. The highest BCUT2D eigenvalue weighted by Crippen LogP contribution is 2.26. The van der Waals surface area contributed by atoms with Crippen molar-refractivity contribution in [3.8, 4) is 22.8 Å². The van der Waals surface area contributed by atoms with E-state index in [1.54, 1.807) is 30.9 Å². The second-order valence-electron chi connectivity index (χ2n) is 6.88. The van der Waals surface area contributed by atoms with Crippen molar-refractivity contribution in [3.05, 3.63) is 42.2 Å². The van der Waals surface area contributed by atoms with E-state index in [1.165, 1.54) is 0 Å². The lowest BCUT2D eigenvalue weighted by Gasteiger charge is -2.16. The van der Waals surface area contributed by atoms with Gasteiger partial charge in [0.15, 0.2) is 0 Å². The van der Waals surface area contributed by atoms with Crippen LogP contribution in [0, 0.1) is 6.92 Å². The topological polar surface area (TPSA) is 103 Å². The van der Waals surface area contributed by atoms with E-state index in [1.807, 2.05) is 31.2 Å². The summed E-state index contributed by atoms with van der Waals surface area (Å²) in [5.74, 6) is 0.901. The minimum atomic E-state index is -0.873. The quantitative estimate of drug-likeness (QED) is 0.603. The van der Waals surface area contributed by atoms with E-state index < -0.39 is 5.60 Å². The van der Waals surface area contributed by atoms with Crippen molar-refractivity contribution in [1.29, 1.82) is 0 Å². The molecule has 26 heavy (non-hydrogen) atoms. The van der Waals surface area contributed by atoms with Crippen molar-refractivity contribution in [1.82, 2.24) is 30.1 Å². The molecule has 0 aliphatic heterocycles. The molecule has 3 aromatic heterocycles. The second kappa shape index (κ2) is 5.99. The van der Waals surface area contributed by atoms with Gasteiger partial charge in [-0.2, -0.15) is 4.98 Å². The Morgan fingerprint density at radius 1 is 1.23 bits per heavy atom. The molecule has 0 saturated heterocycles. The molecular weight excluding hydrogens is 332 g/mol. The number of benzene rings is 1. The Morgan fingerprint density at radius 2 is 2.08 bits per heavy atom. The Morgan fingerprint density at radius 3 is 2.85 bits per heavy atom. The van der Waals surface area contributed by atoms with Gasteiger partial charge in [-0.3, -0.25) is 4.98 Å². The molecule has 3 heterocycles. The first kappa shape index (κ1) is 16.3. The molecule has 1 N–H and O–H groups in total. The minimum absolute atomic E-state index is 0.355. The van der Waals surface area contributed by atoms with Crippen LogP contribution in [0.2, 0.25) is 0 Å². The normalized spacial score (nSPS) is 12.0. The lowest BCUT2D eigenvalue weighted by molar-refractivity contribution is 0.0585. The monoisotopic (exact) mass is 350 g/mol. The molecule has 1 aromatic carbocycles. The van der Waals surface area contributed by atoms with Gasteiger partial charge in [-0.15, -0.1) is 5.10 Å². The summed E-state index contributed by atoms with van der Waals surface area (Å²) in [7, 11) is 0. The average molecular weight is 350 g/mol. The molecule has 0 spiro atoms. The van der Waals surface area contributed by atoms with Crippen molar-refractivity contribution in [2.45, 2.75) is 32.9 Å². The van der Waals surface area contributed by atoms with Gasteiger partial charge < -0.3 is 9.63 Å². The third kappa shape index (κ3) is 3.06. The van der Waals surface area contributed by atoms with E-state index in [0.29, 0.717) is 23.8 Å². The fraction of sp³-hybridized carbons (Fsp3) is 0.278. The molecule has 0 saturated carbocycles. The van der Waals surface area contributed by atoms with Crippen LogP contribution in [0.3, 0.4) is 0 Å². The van der Waals surface area contributed by atoms with Gasteiger partial charge in [0, 0.05) is 23.5 Å². The highest BCUT2D eigenvalue weighted by atomic mass is 16.5. The van der Waals surface area contributed by atoms with Crippen molar-refractivity contribution >= 4 is 11.0 Å². The van der Waals surface area contributed by atoms with Gasteiger partial charge in [-0.05, 0) is 50.6 Å². The Hall–Kier alpha value is -3.13. The van der Waals surface area contributed by atoms with E-state index in [4.69, 9.17) is 4.52 Å². The Labute approximate surface area is 149 Å². The molecule has 132 valence electrons. The summed E-state index contributed by atoms with van der Waals surface area (Å²) in [6, 6.07) is 7.50. The number of aromatic nitrogens is 6. The summed E-state index contributed by atoms with van der Waals surface area (Å²) < 4.78 is 7.09. The molecule has 0 unspecified atom stereocenters. The fourth-order valence-corrected chi connectivity index (χ4v) is 2.74. The maximum atomic E-state index is 9.99. The molecule has 0 bridgehead atoms. The zero-order chi connectivity index (χ0) is 18.3. The summed E-state index contributed by atoms with van der Waals surface area (Å²) in [5, 5.41) is 22.3. The van der Waals surface area contributed by atoms with E-state index in [9.17, 15) is 5.11 Å². The lowest BCUT2D eigenvalue weighted by atomic mass is 10.1. The zero-order valence-corrected chi connectivity index (χ0v) is 14.7. The van der Waals surface area contributed by atoms with Crippen LogP contribution in [0.1, 0.15) is 19.4 Å². The van der Waals surface area contributed by atoms with E-state index >= 15 is 0 Å². The van der Waals surface area contributed by atoms with E-state index in [0.717, 1.165) is 22.2 Å². The Kier molecular flexibility index (Phi) is 3.77. The van der Waals surface area contributed by atoms with Gasteiger partial charge in [0.25, 0.3) is 5.89 Å². The highest BCUT2D eigenvalue weighted by Gasteiger charge is 2.18. The van der Waals surface area contributed by atoms with Gasteiger partial charge in [0.05, 0.1) is 17.7 Å². The van der Waals surface area contributed by atoms with Crippen LogP contribution < -0.4 is 0 Å². The van der Waals surface area contributed by atoms with Crippen LogP contribution in [0.5, 0.6) is 0 Å². The largest absolute Gasteiger partial charge is 0.389 e. The Balaban J connectivity index is 1.69. The maximum absolute atomic E-state index is 9.99. The second-order valence-corrected chi connectivity index (χ2v) is 6.88. The molecule has 0 radical (unpaired) electrons. The minimum Gasteiger partial charge on any atom is -0.389 e. The first-order valence-corrected chi connectivity index (χ1v) is 8.21. The molecule has 4 aromatic rings. The molecule has 0 amide bonds. The maximum Gasteiger partial charge on any atom is 0.258 e. The van der Waals surface area contributed by atoms with Gasteiger partial charge in [0.2, 0.25) is 5.82 Å². The molecule has 0 aliphatic rings. The number of aliphatic hydroxyl groups is 1. The lowest BCUT2D eigenvalue weighted by Crippen LogP contribution is -2.26. The van der Waals surface area contributed by atoms with Crippen molar-refractivity contribution in [2.75, 3.05) is 0 Å². The number of pyridine rings is 1. The van der Waals surface area contributed by atoms with E-state index in [-0.39, 0.29) is 0 Å². The predicted molar refractivity (Wildman–Crippen MR) is 95.1 cm³/mol. The van der Waals surface area contributed by atoms with Crippen LogP contribution in [0.15, 0.2) is 41.2 Å². The number of hydrogen-bond acceptors (Lipinski definition) is 7. The van der Waals surface area contributed by atoms with Crippen molar-refractivity contribution in [3.63, 3.8) is 0 Å². The number of aryl methyl sites for hydroxylation is 1. The molecule has 4 rings (SSSR count). The molecule has 0 aliphatic carbocycles. The molecule has 0 fully saturated rings. The standard InChI is InChI=1S/C18H18N6O2/c1-11-6-7-19-9-13(11)16-20-17(26-22-16)12-4-5-15-14(8-12)21-23-24(15)10-18(2,3)25/h4-9,25H,10H2,1-3H3. The number of hydrogen-bond donors (Lipinski definition) is 1. The third-order valence-corrected chi connectivity index (χ3v) is 4.00. The predicted octanol–water partition coefficient (Wildman–Crippen LogP) is 2.62. The molecular formula is C18H18N6O2. The van der Waals surface area contributed by atoms with Crippen molar-refractivity contribution in [2.24, 2.45) is 0 Å². The summed E-state index contributed by atoms with van der Waals surface area (Å²) in [6.07, 6.45) is 3.44. The Bertz CT molecular complexity index is 1080. The van der Waals surface area contributed by atoms with Crippen molar-refractivity contribution < 1.29 is 9.63 Å². The summed E-state index contributed by atoms with van der Waals surface area (Å²) in [4.78, 5) is 8.59. The van der Waals surface area contributed by atoms with Gasteiger partial charge >= 0.3 is 0 Å². The van der Waals surface area contributed by atoms with Crippen LogP contribution >= 0.6 is 0 Å². The summed E-state index contributed by atoms with van der Waals surface area (Å²) in [5.41, 5.74) is 3.27. The number of rotatable bonds is 4. The first-order chi connectivity index (χ1) is 12.4. The SMILES string of the molecule is Cc1ccncc1-c1noc(-c2ccc3c(c2)nnn3CC(C)(C)O)n1. The summed E-state index contributed by atoms with van der Waals surface area (Å²) >= 11 is 0. The highest BCUT2D eigenvalue weighted by molar-refractivity contribution is 5.79. The van der Waals surface area contributed by atoms with E-state index in [2.05, 4.69) is 25.4 Å². The molecule has 8 nitrogen and oxygen atoms in total. The number of fused-ring (bicyclic) bond motifs is 1. The number of nitrogens with zero attached hydrogens (tertiary/aromatic N) is 6. The van der Waals surface area contributed by atoms with Gasteiger partial charge in [-0.25, -0.2) is 4.68 Å². The first-order valence-electron chi connectivity index (χ1n) is 8.21. The third-order valence-electron chi connectivity index (χ3n) is 4.00. The molecule has 8 heteroatoms. The van der Waals surface area contributed by atoms with Gasteiger partial charge in [0.1, 0.15) is 5.52 Å². The fourth-order valence-electron chi connectivity index (χ4n) is 2.74. The van der Waals surface area contributed by atoms with Crippen LogP contribution in [0.25, 0.3) is 33.9 Å². The van der Waals surface area contributed by atoms with Crippen LogP contribution in [0.4, 0.5) is 0 Å². The zero-order valence-electron chi connectivity index (χ0n) is 14.7. The molecule has 0 atom stereocenters. The summed E-state index contributed by atoms with van der Waals surface area (Å²) in [6.45, 7) is 5.79. The average Bonchev–Trinajstić information content (AvgIpc) is 3.21. The van der Waals surface area contributed by atoms with Crippen LogP contribution in [-0.4, -0.2) is 40.8 Å². The van der Waals surface area contributed by atoms with Gasteiger partial charge in [-0.1, -0.05) is 10.4 Å².